The average molecular weight is 213 g/mol. The fraction of sp³-hybridized carbons (Fsp3) is 0.727. The van der Waals surface area contributed by atoms with Crippen LogP contribution in [0.25, 0.3) is 0 Å². The van der Waals surface area contributed by atoms with Gasteiger partial charge in [-0.05, 0) is 27.2 Å². The minimum absolute atomic E-state index is 0.0841. The standard InChI is InChI=1S/C11H19NO3/c1-11(2,3)15-10(13)6-9-5-4-8(12)7-14-9/h6,8H,4-5,7,12H2,1-3H3/b9-6-. The maximum absolute atomic E-state index is 11.4. The summed E-state index contributed by atoms with van der Waals surface area (Å²) in [4.78, 5) is 11.4. The van der Waals surface area contributed by atoms with Gasteiger partial charge < -0.3 is 15.2 Å². The molecule has 0 aromatic rings. The molecule has 1 rings (SSSR count). The van der Waals surface area contributed by atoms with E-state index in [2.05, 4.69) is 0 Å². The summed E-state index contributed by atoms with van der Waals surface area (Å²) >= 11 is 0. The first kappa shape index (κ1) is 12.0. The van der Waals surface area contributed by atoms with Gasteiger partial charge in [-0.15, -0.1) is 0 Å². The van der Waals surface area contributed by atoms with E-state index in [0.717, 1.165) is 6.42 Å². The summed E-state index contributed by atoms with van der Waals surface area (Å²) in [6.45, 7) is 5.98. The summed E-state index contributed by atoms with van der Waals surface area (Å²) in [6, 6.07) is 0.0841. The molecule has 1 heterocycles. The fourth-order valence-corrected chi connectivity index (χ4v) is 1.27. The van der Waals surface area contributed by atoms with Crippen LogP contribution in [0.1, 0.15) is 33.6 Å². The summed E-state index contributed by atoms with van der Waals surface area (Å²) in [5, 5.41) is 0. The molecule has 0 aromatic carbocycles. The van der Waals surface area contributed by atoms with Crippen LogP contribution in [-0.4, -0.2) is 24.2 Å². The number of hydrogen-bond acceptors (Lipinski definition) is 4. The van der Waals surface area contributed by atoms with Gasteiger partial charge in [0.2, 0.25) is 0 Å². The van der Waals surface area contributed by atoms with Crippen LogP contribution in [0.3, 0.4) is 0 Å². The van der Waals surface area contributed by atoms with E-state index in [1.54, 1.807) is 0 Å². The van der Waals surface area contributed by atoms with Crippen molar-refractivity contribution in [3.8, 4) is 0 Å². The maximum Gasteiger partial charge on any atom is 0.334 e. The average Bonchev–Trinajstić information content (AvgIpc) is 2.05. The molecule has 1 aliphatic heterocycles. The number of esters is 1. The van der Waals surface area contributed by atoms with Crippen LogP contribution < -0.4 is 5.73 Å². The number of rotatable bonds is 1. The van der Waals surface area contributed by atoms with Crippen LogP contribution in [0.4, 0.5) is 0 Å². The monoisotopic (exact) mass is 213 g/mol. The quantitative estimate of drug-likeness (QED) is 0.527. The Morgan fingerprint density at radius 1 is 1.60 bits per heavy atom. The van der Waals surface area contributed by atoms with Gasteiger partial charge in [0, 0.05) is 12.5 Å². The van der Waals surface area contributed by atoms with Crippen LogP contribution in [0.2, 0.25) is 0 Å². The van der Waals surface area contributed by atoms with Crippen molar-refractivity contribution in [1.29, 1.82) is 0 Å². The lowest BCUT2D eigenvalue weighted by molar-refractivity contribution is -0.148. The normalized spacial score (nSPS) is 24.8. The lowest BCUT2D eigenvalue weighted by Gasteiger charge is -2.22. The molecule has 4 heteroatoms. The van der Waals surface area contributed by atoms with Crippen molar-refractivity contribution >= 4 is 5.97 Å². The molecule has 2 N–H and O–H groups in total. The van der Waals surface area contributed by atoms with Gasteiger partial charge in [0.05, 0.1) is 6.08 Å². The first-order chi connectivity index (χ1) is 6.87. The van der Waals surface area contributed by atoms with E-state index in [-0.39, 0.29) is 12.0 Å². The maximum atomic E-state index is 11.4. The Kier molecular flexibility index (Phi) is 3.74. The highest BCUT2D eigenvalue weighted by Gasteiger charge is 2.18. The number of nitrogens with two attached hydrogens (primary N) is 1. The van der Waals surface area contributed by atoms with Crippen molar-refractivity contribution in [2.75, 3.05) is 6.61 Å². The van der Waals surface area contributed by atoms with Gasteiger partial charge in [-0.3, -0.25) is 0 Å². The zero-order valence-corrected chi connectivity index (χ0v) is 9.58. The molecule has 1 saturated heterocycles. The van der Waals surface area contributed by atoms with Crippen LogP contribution in [-0.2, 0) is 14.3 Å². The van der Waals surface area contributed by atoms with E-state index in [1.165, 1.54) is 6.08 Å². The van der Waals surface area contributed by atoms with Crippen molar-refractivity contribution < 1.29 is 14.3 Å². The van der Waals surface area contributed by atoms with E-state index in [0.29, 0.717) is 18.8 Å². The molecule has 1 unspecified atom stereocenters. The third kappa shape index (κ3) is 4.83. The summed E-state index contributed by atoms with van der Waals surface area (Å²) in [7, 11) is 0. The predicted molar refractivity (Wildman–Crippen MR) is 57.1 cm³/mol. The third-order valence-corrected chi connectivity index (χ3v) is 1.93. The third-order valence-electron chi connectivity index (χ3n) is 1.93. The van der Waals surface area contributed by atoms with E-state index in [1.807, 2.05) is 20.8 Å². The zero-order valence-electron chi connectivity index (χ0n) is 9.58. The molecular weight excluding hydrogens is 194 g/mol. The Labute approximate surface area is 90.4 Å². The Morgan fingerprint density at radius 3 is 2.73 bits per heavy atom. The highest BCUT2D eigenvalue weighted by molar-refractivity contribution is 5.82. The molecule has 0 bridgehead atoms. The molecule has 1 aliphatic rings. The van der Waals surface area contributed by atoms with Crippen molar-refractivity contribution in [2.45, 2.75) is 45.3 Å². The fourth-order valence-electron chi connectivity index (χ4n) is 1.27. The molecule has 4 nitrogen and oxygen atoms in total. The Morgan fingerprint density at radius 2 is 2.27 bits per heavy atom. The molecule has 15 heavy (non-hydrogen) atoms. The number of ether oxygens (including phenoxy) is 2. The van der Waals surface area contributed by atoms with Gasteiger partial charge in [0.1, 0.15) is 18.0 Å². The largest absolute Gasteiger partial charge is 0.496 e. The second kappa shape index (κ2) is 4.66. The Balaban J connectivity index is 2.46. The molecular formula is C11H19NO3. The first-order valence-corrected chi connectivity index (χ1v) is 5.19. The Hall–Kier alpha value is -1.03. The van der Waals surface area contributed by atoms with Gasteiger partial charge in [0.15, 0.2) is 0 Å². The van der Waals surface area contributed by atoms with Crippen molar-refractivity contribution in [1.82, 2.24) is 0 Å². The predicted octanol–water partition coefficient (Wildman–Crippen LogP) is 1.35. The number of hydrogen-bond donors (Lipinski definition) is 1. The smallest absolute Gasteiger partial charge is 0.334 e. The topological polar surface area (TPSA) is 61.5 Å². The lowest BCUT2D eigenvalue weighted by atomic mass is 10.1. The highest BCUT2D eigenvalue weighted by atomic mass is 16.6. The van der Waals surface area contributed by atoms with Crippen LogP contribution in [0.5, 0.6) is 0 Å². The molecule has 0 amide bonds. The van der Waals surface area contributed by atoms with Crippen molar-refractivity contribution in [3.05, 3.63) is 11.8 Å². The van der Waals surface area contributed by atoms with Crippen LogP contribution in [0, 0.1) is 0 Å². The molecule has 0 aliphatic carbocycles. The number of carbonyl (C=O) groups is 1. The summed E-state index contributed by atoms with van der Waals surface area (Å²) < 4.78 is 10.5. The van der Waals surface area contributed by atoms with Gasteiger partial charge in [-0.2, -0.15) is 0 Å². The SMILES string of the molecule is CC(C)(C)OC(=O)/C=C1/CCC(N)CO1. The number of carbonyl (C=O) groups excluding carboxylic acids is 1. The zero-order chi connectivity index (χ0) is 11.5. The van der Waals surface area contributed by atoms with Crippen molar-refractivity contribution in [2.24, 2.45) is 5.73 Å². The van der Waals surface area contributed by atoms with Gasteiger partial charge in [-0.1, -0.05) is 0 Å². The second-order valence-corrected chi connectivity index (χ2v) is 4.75. The molecule has 0 spiro atoms. The molecule has 0 saturated carbocycles. The van der Waals surface area contributed by atoms with Crippen LogP contribution in [0.15, 0.2) is 11.8 Å². The first-order valence-electron chi connectivity index (χ1n) is 5.19. The number of allylic oxidation sites excluding steroid dienone is 1. The minimum Gasteiger partial charge on any atom is -0.496 e. The summed E-state index contributed by atoms with van der Waals surface area (Å²) in [5.41, 5.74) is 5.20. The molecule has 1 atom stereocenters. The van der Waals surface area contributed by atoms with E-state index < -0.39 is 5.60 Å². The highest BCUT2D eigenvalue weighted by Crippen LogP contribution is 2.16. The minimum atomic E-state index is -0.459. The molecule has 0 aromatic heterocycles. The van der Waals surface area contributed by atoms with Crippen molar-refractivity contribution in [3.63, 3.8) is 0 Å². The van der Waals surface area contributed by atoms with E-state index in [4.69, 9.17) is 15.2 Å². The lowest BCUT2D eigenvalue weighted by Crippen LogP contribution is -2.30. The van der Waals surface area contributed by atoms with E-state index >= 15 is 0 Å². The Bertz CT molecular complexity index is 255. The van der Waals surface area contributed by atoms with Gasteiger partial charge >= 0.3 is 5.97 Å². The molecule has 0 radical (unpaired) electrons. The molecule has 1 fully saturated rings. The van der Waals surface area contributed by atoms with Gasteiger partial charge in [-0.25, -0.2) is 4.79 Å². The van der Waals surface area contributed by atoms with Crippen LogP contribution >= 0.6 is 0 Å². The summed E-state index contributed by atoms with van der Waals surface area (Å²) in [5.74, 6) is 0.318. The molecule has 86 valence electrons. The van der Waals surface area contributed by atoms with E-state index in [9.17, 15) is 4.79 Å². The summed E-state index contributed by atoms with van der Waals surface area (Å²) in [6.07, 6.45) is 2.98. The van der Waals surface area contributed by atoms with Gasteiger partial charge in [0.25, 0.3) is 0 Å². The second-order valence-electron chi connectivity index (χ2n) is 4.75.